The smallest absolute Gasteiger partial charge is 0.320 e. The normalized spacial score (nSPS) is 13.9. The molecule has 1 amide bonds. The van der Waals surface area contributed by atoms with Gasteiger partial charge in [0.05, 0.1) is 40.8 Å². The molecule has 2 aromatic heterocycles. The molecule has 2 N–H and O–H groups in total. The average Bonchev–Trinajstić information content (AvgIpc) is 3.19. The first-order valence-corrected chi connectivity index (χ1v) is 9.50. The summed E-state index contributed by atoms with van der Waals surface area (Å²) in [6.45, 7) is 2.67. The van der Waals surface area contributed by atoms with Crippen molar-refractivity contribution in [2.75, 3.05) is 41.8 Å². The van der Waals surface area contributed by atoms with E-state index in [1.165, 1.54) is 6.20 Å². The minimum Gasteiger partial charge on any atom is -0.399 e. The molecule has 9 nitrogen and oxygen atoms in total. The van der Waals surface area contributed by atoms with Crippen LogP contribution >= 0.6 is 23.2 Å². The zero-order valence-corrected chi connectivity index (χ0v) is 16.6. The molecule has 1 aliphatic rings. The number of aromatic nitrogens is 3. The van der Waals surface area contributed by atoms with Crippen molar-refractivity contribution in [3.63, 3.8) is 0 Å². The van der Waals surface area contributed by atoms with Crippen LogP contribution in [0.25, 0.3) is 0 Å². The van der Waals surface area contributed by atoms with Gasteiger partial charge in [-0.2, -0.15) is 0 Å². The fourth-order valence-corrected chi connectivity index (χ4v) is 3.20. The van der Waals surface area contributed by atoms with Crippen molar-refractivity contribution in [2.24, 2.45) is 0 Å². The van der Waals surface area contributed by atoms with E-state index in [2.05, 4.69) is 25.8 Å². The number of hydrogen-bond donors (Lipinski definition) is 2. The quantitative estimate of drug-likeness (QED) is 0.627. The third kappa shape index (κ3) is 4.58. The average molecular weight is 435 g/mol. The number of nitrogens with zero attached hydrogens (tertiary/aromatic N) is 4. The Labute approximate surface area is 176 Å². The number of rotatable bonds is 5. The molecule has 1 fully saturated rings. The lowest BCUT2D eigenvalue weighted by molar-refractivity contribution is 0.0991. The van der Waals surface area contributed by atoms with Gasteiger partial charge in [-0.25, -0.2) is 4.98 Å². The number of carbonyl (C=O) groups excluding carboxylic acids is 1. The lowest BCUT2D eigenvalue weighted by atomic mass is 10.3. The maximum absolute atomic E-state index is 12.4. The highest BCUT2D eigenvalue weighted by Gasteiger charge is 2.19. The highest BCUT2D eigenvalue weighted by molar-refractivity contribution is 6.33. The van der Waals surface area contributed by atoms with Gasteiger partial charge in [0.2, 0.25) is 0 Å². The van der Waals surface area contributed by atoms with Crippen LogP contribution in [0.3, 0.4) is 0 Å². The third-order valence-electron chi connectivity index (χ3n) is 4.12. The molecule has 0 saturated carbocycles. The Morgan fingerprint density at radius 2 is 1.90 bits per heavy atom. The maximum Gasteiger partial charge on any atom is 0.320 e. The van der Waals surface area contributed by atoms with Crippen LogP contribution in [0.1, 0.15) is 10.7 Å². The Morgan fingerprint density at radius 3 is 2.66 bits per heavy atom. The molecule has 3 heterocycles. The first-order chi connectivity index (χ1) is 14.1. The van der Waals surface area contributed by atoms with Crippen molar-refractivity contribution < 1.29 is 13.9 Å². The zero-order chi connectivity index (χ0) is 20.2. The van der Waals surface area contributed by atoms with Crippen LogP contribution in [-0.2, 0) is 4.74 Å². The van der Waals surface area contributed by atoms with E-state index in [1.807, 2.05) is 4.90 Å². The van der Waals surface area contributed by atoms with Gasteiger partial charge in [-0.1, -0.05) is 40.4 Å². The van der Waals surface area contributed by atoms with E-state index >= 15 is 0 Å². The lowest BCUT2D eigenvalue weighted by Gasteiger charge is -2.28. The number of hydrogen-bond acceptors (Lipinski definition) is 8. The summed E-state index contributed by atoms with van der Waals surface area (Å²) >= 11 is 12.4. The van der Waals surface area contributed by atoms with E-state index in [9.17, 15) is 4.79 Å². The number of amides is 1. The second kappa shape index (κ2) is 8.64. The first-order valence-electron chi connectivity index (χ1n) is 8.75. The standard InChI is InChI=1S/C18H16Cl2N6O3/c19-12-3-1-2-4-14(12)23-18-25-24-17(29-18)16(27)22-11-9-13(20)15(21-10-11)26-5-7-28-8-6-26/h1-4,9-10H,5-8H2,(H,22,27)(H,23,25). The van der Waals surface area contributed by atoms with Gasteiger partial charge in [0.25, 0.3) is 0 Å². The van der Waals surface area contributed by atoms with Gasteiger partial charge in [0, 0.05) is 13.1 Å². The van der Waals surface area contributed by atoms with E-state index in [0.717, 1.165) is 0 Å². The van der Waals surface area contributed by atoms with Crippen LogP contribution in [-0.4, -0.2) is 47.4 Å². The molecule has 0 spiro atoms. The van der Waals surface area contributed by atoms with E-state index in [4.69, 9.17) is 32.4 Å². The second-order valence-electron chi connectivity index (χ2n) is 6.10. The summed E-state index contributed by atoms with van der Waals surface area (Å²) in [5.74, 6) is -0.147. The molecule has 3 aromatic rings. The predicted octanol–water partition coefficient (Wildman–Crippen LogP) is 3.60. The van der Waals surface area contributed by atoms with Gasteiger partial charge in [-0.3, -0.25) is 4.79 Å². The summed E-state index contributed by atoms with van der Waals surface area (Å²) in [4.78, 5) is 18.8. The molecule has 150 valence electrons. The van der Waals surface area contributed by atoms with Crippen molar-refractivity contribution >= 4 is 52.3 Å². The number of ether oxygens (including phenoxy) is 1. The van der Waals surface area contributed by atoms with Gasteiger partial charge in [0.1, 0.15) is 5.82 Å². The summed E-state index contributed by atoms with van der Waals surface area (Å²) in [7, 11) is 0. The Morgan fingerprint density at radius 1 is 1.10 bits per heavy atom. The molecule has 1 aromatic carbocycles. The van der Waals surface area contributed by atoms with Crippen LogP contribution in [0, 0.1) is 0 Å². The van der Waals surface area contributed by atoms with Crippen LogP contribution in [0.5, 0.6) is 0 Å². The second-order valence-corrected chi connectivity index (χ2v) is 6.91. The minimum atomic E-state index is -0.582. The largest absolute Gasteiger partial charge is 0.399 e. The third-order valence-corrected chi connectivity index (χ3v) is 4.73. The molecule has 29 heavy (non-hydrogen) atoms. The summed E-state index contributed by atoms with van der Waals surface area (Å²) in [5.41, 5.74) is 0.996. The minimum absolute atomic E-state index is 0.0436. The number of benzene rings is 1. The summed E-state index contributed by atoms with van der Waals surface area (Å²) in [6.07, 6.45) is 1.52. The van der Waals surface area contributed by atoms with Crippen LogP contribution < -0.4 is 15.5 Å². The van der Waals surface area contributed by atoms with Gasteiger partial charge >= 0.3 is 17.8 Å². The van der Waals surface area contributed by atoms with Gasteiger partial charge in [-0.15, -0.1) is 5.10 Å². The molecule has 0 radical (unpaired) electrons. The number of carbonyl (C=O) groups is 1. The van der Waals surface area contributed by atoms with E-state index in [0.29, 0.717) is 53.5 Å². The molecule has 0 aliphatic carbocycles. The molecule has 0 unspecified atom stereocenters. The number of halogens is 2. The molecule has 0 atom stereocenters. The molecule has 0 bridgehead atoms. The fraction of sp³-hybridized carbons (Fsp3) is 0.222. The highest BCUT2D eigenvalue weighted by Crippen LogP contribution is 2.27. The van der Waals surface area contributed by atoms with Crippen molar-refractivity contribution in [2.45, 2.75) is 0 Å². The number of anilines is 4. The molecule has 11 heteroatoms. The molecular formula is C18H16Cl2N6O3. The van der Waals surface area contributed by atoms with Crippen molar-refractivity contribution in [1.29, 1.82) is 0 Å². The number of pyridine rings is 1. The molecular weight excluding hydrogens is 419 g/mol. The molecule has 1 aliphatic heterocycles. The summed E-state index contributed by atoms with van der Waals surface area (Å²) in [5, 5.41) is 14.0. The highest BCUT2D eigenvalue weighted by atomic mass is 35.5. The Kier molecular flexibility index (Phi) is 5.79. The SMILES string of the molecule is O=C(Nc1cnc(N2CCOCC2)c(Cl)c1)c1nnc(Nc2ccccc2Cl)o1. The Hall–Kier alpha value is -2.88. The predicted molar refractivity (Wildman–Crippen MR) is 109 cm³/mol. The van der Waals surface area contributed by atoms with E-state index in [-0.39, 0.29) is 11.9 Å². The topological polar surface area (TPSA) is 105 Å². The lowest BCUT2D eigenvalue weighted by Crippen LogP contribution is -2.36. The van der Waals surface area contributed by atoms with Gasteiger partial charge in [0.15, 0.2) is 0 Å². The Balaban J connectivity index is 1.42. The Bertz CT molecular complexity index is 1020. The fourth-order valence-electron chi connectivity index (χ4n) is 2.73. The monoisotopic (exact) mass is 434 g/mol. The van der Waals surface area contributed by atoms with Gasteiger partial charge < -0.3 is 24.7 Å². The first kappa shape index (κ1) is 19.4. The maximum atomic E-state index is 12.4. The van der Waals surface area contributed by atoms with Crippen molar-refractivity contribution in [3.05, 3.63) is 52.5 Å². The van der Waals surface area contributed by atoms with Crippen LogP contribution in [0.2, 0.25) is 10.0 Å². The van der Waals surface area contributed by atoms with Crippen LogP contribution in [0.4, 0.5) is 23.2 Å². The number of para-hydroxylation sites is 1. The number of nitrogens with one attached hydrogen (secondary N) is 2. The number of morpholine rings is 1. The van der Waals surface area contributed by atoms with Gasteiger partial charge in [-0.05, 0) is 18.2 Å². The zero-order valence-electron chi connectivity index (χ0n) is 15.1. The summed E-state index contributed by atoms with van der Waals surface area (Å²) in [6, 6.07) is 8.72. The van der Waals surface area contributed by atoms with Crippen LogP contribution in [0.15, 0.2) is 40.9 Å². The summed E-state index contributed by atoms with van der Waals surface area (Å²) < 4.78 is 10.7. The van der Waals surface area contributed by atoms with E-state index < -0.39 is 5.91 Å². The van der Waals surface area contributed by atoms with Crippen molar-refractivity contribution in [1.82, 2.24) is 15.2 Å². The van der Waals surface area contributed by atoms with Crippen molar-refractivity contribution in [3.8, 4) is 0 Å². The molecule has 1 saturated heterocycles. The van der Waals surface area contributed by atoms with E-state index in [1.54, 1.807) is 30.3 Å². The molecule has 4 rings (SSSR count).